The SMILES string of the molecule is CN1CCC(CNC(=O)c2ccc(F)c(N)c2)CC1. The first-order chi connectivity index (χ1) is 9.06. The molecule has 0 saturated carbocycles. The number of anilines is 1. The number of rotatable bonds is 3. The summed E-state index contributed by atoms with van der Waals surface area (Å²) in [5.41, 5.74) is 5.87. The number of hydrogen-bond donors (Lipinski definition) is 2. The monoisotopic (exact) mass is 265 g/mol. The summed E-state index contributed by atoms with van der Waals surface area (Å²) < 4.78 is 13.0. The smallest absolute Gasteiger partial charge is 0.251 e. The van der Waals surface area contributed by atoms with Crippen molar-refractivity contribution in [3.05, 3.63) is 29.6 Å². The summed E-state index contributed by atoms with van der Waals surface area (Å²) in [6, 6.07) is 4.05. The molecule has 0 unspecified atom stereocenters. The minimum Gasteiger partial charge on any atom is -0.396 e. The lowest BCUT2D eigenvalue weighted by Gasteiger charge is -2.28. The van der Waals surface area contributed by atoms with Crippen LogP contribution in [0.3, 0.4) is 0 Å². The van der Waals surface area contributed by atoms with Gasteiger partial charge in [0.1, 0.15) is 5.82 Å². The molecule has 0 aliphatic carbocycles. The van der Waals surface area contributed by atoms with Crippen LogP contribution in [0, 0.1) is 11.7 Å². The Bertz CT molecular complexity index is 456. The minimum absolute atomic E-state index is 0.00643. The number of nitrogens with one attached hydrogen (secondary N) is 1. The predicted octanol–water partition coefficient (Wildman–Crippen LogP) is 1.48. The molecule has 0 atom stereocenters. The Morgan fingerprint density at radius 3 is 2.79 bits per heavy atom. The highest BCUT2D eigenvalue weighted by atomic mass is 19.1. The molecule has 0 aromatic heterocycles. The van der Waals surface area contributed by atoms with E-state index in [-0.39, 0.29) is 11.6 Å². The molecular weight excluding hydrogens is 245 g/mol. The number of benzene rings is 1. The molecule has 3 N–H and O–H groups in total. The summed E-state index contributed by atoms with van der Waals surface area (Å²) in [6.07, 6.45) is 2.20. The van der Waals surface area contributed by atoms with E-state index in [2.05, 4.69) is 17.3 Å². The van der Waals surface area contributed by atoms with Crippen LogP contribution < -0.4 is 11.1 Å². The largest absolute Gasteiger partial charge is 0.396 e. The highest BCUT2D eigenvalue weighted by Gasteiger charge is 2.17. The molecule has 19 heavy (non-hydrogen) atoms. The van der Waals surface area contributed by atoms with Crippen molar-refractivity contribution in [2.24, 2.45) is 5.92 Å². The predicted molar refractivity (Wildman–Crippen MR) is 73.4 cm³/mol. The second kappa shape index (κ2) is 6.02. The van der Waals surface area contributed by atoms with Gasteiger partial charge in [0.2, 0.25) is 0 Å². The van der Waals surface area contributed by atoms with Gasteiger partial charge in [0, 0.05) is 12.1 Å². The third-order valence-corrected chi connectivity index (χ3v) is 3.65. The summed E-state index contributed by atoms with van der Waals surface area (Å²) in [4.78, 5) is 14.2. The van der Waals surface area contributed by atoms with Gasteiger partial charge in [0.25, 0.3) is 5.91 Å². The topological polar surface area (TPSA) is 58.4 Å². The number of piperidine rings is 1. The fourth-order valence-electron chi connectivity index (χ4n) is 2.29. The van der Waals surface area contributed by atoms with E-state index >= 15 is 0 Å². The maximum absolute atomic E-state index is 13.0. The molecule has 1 aliphatic heterocycles. The molecule has 0 spiro atoms. The van der Waals surface area contributed by atoms with Crippen LogP contribution in [0.15, 0.2) is 18.2 Å². The molecule has 1 amide bonds. The van der Waals surface area contributed by atoms with Crippen molar-refractivity contribution < 1.29 is 9.18 Å². The quantitative estimate of drug-likeness (QED) is 0.814. The number of nitrogens with zero attached hydrogens (tertiary/aromatic N) is 1. The molecule has 0 radical (unpaired) electrons. The number of hydrogen-bond acceptors (Lipinski definition) is 3. The molecule has 5 heteroatoms. The van der Waals surface area contributed by atoms with E-state index in [4.69, 9.17) is 5.73 Å². The van der Waals surface area contributed by atoms with E-state index < -0.39 is 5.82 Å². The number of carbonyl (C=O) groups excluding carboxylic acids is 1. The Kier molecular flexibility index (Phi) is 4.37. The average molecular weight is 265 g/mol. The molecule has 1 aromatic carbocycles. The van der Waals surface area contributed by atoms with Gasteiger partial charge in [-0.1, -0.05) is 0 Å². The Balaban J connectivity index is 1.85. The van der Waals surface area contributed by atoms with Crippen LogP contribution in [-0.4, -0.2) is 37.5 Å². The lowest BCUT2D eigenvalue weighted by atomic mass is 9.97. The van der Waals surface area contributed by atoms with Crippen molar-refractivity contribution in [1.29, 1.82) is 0 Å². The fourth-order valence-corrected chi connectivity index (χ4v) is 2.29. The van der Waals surface area contributed by atoms with Gasteiger partial charge in [-0.15, -0.1) is 0 Å². The minimum atomic E-state index is -0.494. The number of nitrogen functional groups attached to an aromatic ring is 1. The highest BCUT2D eigenvalue weighted by Crippen LogP contribution is 2.16. The summed E-state index contributed by atoms with van der Waals surface area (Å²) in [6.45, 7) is 2.82. The second-order valence-electron chi connectivity index (χ2n) is 5.19. The van der Waals surface area contributed by atoms with Gasteiger partial charge in [0.15, 0.2) is 0 Å². The molecule has 2 rings (SSSR count). The van der Waals surface area contributed by atoms with Crippen molar-refractivity contribution in [2.75, 3.05) is 32.4 Å². The van der Waals surface area contributed by atoms with Gasteiger partial charge in [-0.2, -0.15) is 0 Å². The first kappa shape index (κ1) is 13.8. The van der Waals surface area contributed by atoms with Crippen molar-refractivity contribution in [2.45, 2.75) is 12.8 Å². The van der Waals surface area contributed by atoms with E-state index in [9.17, 15) is 9.18 Å². The summed E-state index contributed by atoms with van der Waals surface area (Å²) in [5, 5.41) is 2.89. The normalized spacial score (nSPS) is 17.4. The van der Waals surface area contributed by atoms with Gasteiger partial charge in [-0.05, 0) is 57.1 Å². The van der Waals surface area contributed by atoms with Gasteiger partial charge < -0.3 is 16.0 Å². The van der Waals surface area contributed by atoms with Crippen molar-refractivity contribution >= 4 is 11.6 Å². The highest BCUT2D eigenvalue weighted by molar-refractivity contribution is 5.95. The Hall–Kier alpha value is -1.62. The molecule has 4 nitrogen and oxygen atoms in total. The van der Waals surface area contributed by atoms with E-state index in [0.29, 0.717) is 18.0 Å². The summed E-state index contributed by atoms with van der Waals surface area (Å²) in [7, 11) is 2.11. The zero-order valence-electron chi connectivity index (χ0n) is 11.2. The Morgan fingerprint density at radius 2 is 2.16 bits per heavy atom. The van der Waals surface area contributed by atoms with Gasteiger partial charge in [0.05, 0.1) is 5.69 Å². The lowest BCUT2D eigenvalue weighted by molar-refractivity contribution is 0.0939. The number of likely N-dealkylation sites (tertiary alicyclic amines) is 1. The van der Waals surface area contributed by atoms with Crippen LogP contribution in [0.2, 0.25) is 0 Å². The second-order valence-corrected chi connectivity index (χ2v) is 5.19. The van der Waals surface area contributed by atoms with E-state index in [1.165, 1.54) is 18.2 Å². The van der Waals surface area contributed by atoms with Crippen molar-refractivity contribution in [3.8, 4) is 0 Å². The fraction of sp³-hybridized carbons (Fsp3) is 0.500. The molecule has 1 heterocycles. The maximum Gasteiger partial charge on any atom is 0.251 e. The first-order valence-corrected chi connectivity index (χ1v) is 6.58. The number of amides is 1. The lowest BCUT2D eigenvalue weighted by Crippen LogP contribution is -2.36. The van der Waals surface area contributed by atoms with Crippen molar-refractivity contribution in [1.82, 2.24) is 10.2 Å². The van der Waals surface area contributed by atoms with Crippen LogP contribution in [0.1, 0.15) is 23.2 Å². The molecular formula is C14H20FN3O. The summed E-state index contributed by atoms with van der Waals surface area (Å²) >= 11 is 0. The van der Waals surface area contributed by atoms with Crippen LogP contribution in [0.25, 0.3) is 0 Å². The molecule has 1 aliphatic rings. The Labute approximate surface area is 112 Å². The molecule has 1 fully saturated rings. The third-order valence-electron chi connectivity index (χ3n) is 3.65. The van der Waals surface area contributed by atoms with Crippen LogP contribution >= 0.6 is 0 Å². The van der Waals surface area contributed by atoms with Crippen LogP contribution in [-0.2, 0) is 0 Å². The van der Waals surface area contributed by atoms with Gasteiger partial charge in [-0.3, -0.25) is 4.79 Å². The summed E-state index contributed by atoms with van der Waals surface area (Å²) in [5.74, 6) is -0.157. The standard InChI is InChI=1S/C14H20FN3O/c1-18-6-4-10(5-7-18)9-17-14(19)11-2-3-12(15)13(16)8-11/h2-3,8,10H,4-7,9,16H2,1H3,(H,17,19). The number of carbonyl (C=O) groups is 1. The zero-order valence-corrected chi connectivity index (χ0v) is 11.2. The van der Waals surface area contributed by atoms with Gasteiger partial charge in [-0.25, -0.2) is 4.39 Å². The Morgan fingerprint density at radius 1 is 1.47 bits per heavy atom. The molecule has 1 aromatic rings. The van der Waals surface area contributed by atoms with Crippen LogP contribution in [0.5, 0.6) is 0 Å². The average Bonchev–Trinajstić information content (AvgIpc) is 2.41. The zero-order chi connectivity index (χ0) is 13.8. The molecule has 104 valence electrons. The third kappa shape index (κ3) is 3.67. The maximum atomic E-state index is 13.0. The number of halogens is 1. The van der Waals surface area contributed by atoms with Crippen molar-refractivity contribution in [3.63, 3.8) is 0 Å². The van der Waals surface area contributed by atoms with Crippen LogP contribution in [0.4, 0.5) is 10.1 Å². The van der Waals surface area contributed by atoms with E-state index in [1.54, 1.807) is 0 Å². The van der Waals surface area contributed by atoms with Gasteiger partial charge >= 0.3 is 0 Å². The first-order valence-electron chi connectivity index (χ1n) is 6.58. The van der Waals surface area contributed by atoms with E-state index in [0.717, 1.165) is 25.9 Å². The molecule has 1 saturated heterocycles. The molecule has 0 bridgehead atoms. The van der Waals surface area contributed by atoms with E-state index in [1.807, 2.05) is 0 Å². The number of nitrogens with two attached hydrogens (primary N) is 1.